The number of nitrogens with one attached hydrogen (secondary N) is 1. The fourth-order valence-corrected chi connectivity index (χ4v) is 4.71. The molecule has 0 radical (unpaired) electrons. The van der Waals surface area contributed by atoms with Crippen LogP contribution in [0.4, 0.5) is 5.69 Å². The van der Waals surface area contributed by atoms with Crippen LogP contribution in [-0.4, -0.2) is 58.2 Å². The normalized spacial score (nSPS) is 13.7. The van der Waals surface area contributed by atoms with Gasteiger partial charge in [-0.2, -0.15) is 0 Å². The second-order valence-electron chi connectivity index (χ2n) is 7.78. The van der Waals surface area contributed by atoms with Crippen LogP contribution in [0.1, 0.15) is 29.6 Å². The van der Waals surface area contributed by atoms with E-state index in [-0.39, 0.29) is 29.7 Å². The largest absolute Gasteiger partial charge is 0.465 e. The minimum absolute atomic E-state index is 0.0659. The van der Waals surface area contributed by atoms with Crippen molar-refractivity contribution >= 4 is 46.3 Å². The number of hydrogen-bond donors (Lipinski definition) is 1. The number of nitrogens with zero attached hydrogens (tertiary/aromatic N) is 3. The topological polar surface area (TPSA) is 93.5 Å². The Bertz CT molecular complexity index is 1170. The Hall–Kier alpha value is -3.33. The molecule has 1 aliphatic heterocycles. The number of likely N-dealkylation sites (tertiary alicyclic amines) is 1. The Kier molecular flexibility index (Phi) is 7.29. The van der Waals surface area contributed by atoms with E-state index in [2.05, 4.69) is 10.3 Å². The molecule has 9 heteroatoms. The van der Waals surface area contributed by atoms with Crippen LogP contribution in [0.15, 0.2) is 53.7 Å². The monoisotopic (exact) mass is 466 g/mol. The Morgan fingerprint density at radius 3 is 2.55 bits per heavy atom. The molecule has 3 aromatic rings. The second kappa shape index (κ2) is 10.5. The van der Waals surface area contributed by atoms with Crippen molar-refractivity contribution in [2.24, 2.45) is 0 Å². The lowest BCUT2D eigenvalue weighted by Gasteiger charge is -2.27. The number of anilines is 1. The molecule has 1 fully saturated rings. The quantitative estimate of drug-likeness (QED) is 0.423. The summed E-state index contributed by atoms with van der Waals surface area (Å²) in [7, 11) is 1.30. The molecule has 0 bridgehead atoms. The molecule has 8 nitrogen and oxygen atoms in total. The average Bonchev–Trinajstić information content (AvgIpc) is 3.20. The maximum Gasteiger partial charge on any atom is 0.339 e. The zero-order chi connectivity index (χ0) is 23.2. The first kappa shape index (κ1) is 22.8. The summed E-state index contributed by atoms with van der Waals surface area (Å²) >= 11 is 1.26. The van der Waals surface area contributed by atoms with Gasteiger partial charge in [-0.3, -0.25) is 9.59 Å². The molecule has 172 valence electrons. The number of amides is 2. The number of imidazole rings is 1. The lowest BCUT2D eigenvalue weighted by Crippen LogP contribution is -2.37. The molecule has 1 aromatic heterocycles. The van der Waals surface area contributed by atoms with Crippen LogP contribution in [0.3, 0.4) is 0 Å². The van der Waals surface area contributed by atoms with Gasteiger partial charge in [0, 0.05) is 13.1 Å². The van der Waals surface area contributed by atoms with Gasteiger partial charge in [0.1, 0.15) is 6.54 Å². The first-order valence-corrected chi connectivity index (χ1v) is 11.9. The van der Waals surface area contributed by atoms with Crippen LogP contribution in [-0.2, 0) is 20.9 Å². The third-order valence-electron chi connectivity index (χ3n) is 5.56. The van der Waals surface area contributed by atoms with Gasteiger partial charge in [0.15, 0.2) is 5.16 Å². The Labute approximate surface area is 196 Å². The number of benzene rings is 2. The summed E-state index contributed by atoms with van der Waals surface area (Å²) in [5, 5.41) is 3.38. The molecule has 1 aliphatic rings. The van der Waals surface area contributed by atoms with Gasteiger partial charge < -0.3 is 19.5 Å². The first-order chi connectivity index (χ1) is 16.1. The van der Waals surface area contributed by atoms with E-state index in [4.69, 9.17) is 4.74 Å². The molecule has 1 N–H and O–H groups in total. The zero-order valence-electron chi connectivity index (χ0n) is 18.5. The molecule has 2 heterocycles. The zero-order valence-corrected chi connectivity index (χ0v) is 19.3. The number of para-hydroxylation sites is 3. The summed E-state index contributed by atoms with van der Waals surface area (Å²) in [4.78, 5) is 44.1. The molecular weight excluding hydrogens is 440 g/mol. The molecule has 33 heavy (non-hydrogen) atoms. The molecular formula is C24H26N4O4S. The molecule has 1 saturated heterocycles. The molecule has 2 aromatic carbocycles. The number of thioether (sulfide) groups is 1. The van der Waals surface area contributed by atoms with Gasteiger partial charge in [0.05, 0.1) is 35.1 Å². The van der Waals surface area contributed by atoms with Gasteiger partial charge in [-0.25, -0.2) is 9.78 Å². The maximum absolute atomic E-state index is 12.9. The van der Waals surface area contributed by atoms with Crippen molar-refractivity contribution < 1.29 is 19.1 Å². The SMILES string of the molecule is COC(=O)c1ccccc1NC(=O)CSc1nc2ccccc2n1CC(=O)N1CCCCC1. The van der Waals surface area contributed by atoms with Gasteiger partial charge in [-0.15, -0.1) is 0 Å². The fraction of sp³-hybridized carbons (Fsp3) is 0.333. The lowest BCUT2D eigenvalue weighted by atomic mass is 10.1. The Morgan fingerprint density at radius 2 is 1.76 bits per heavy atom. The number of rotatable bonds is 7. The average molecular weight is 467 g/mol. The highest BCUT2D eigenvalue weighted by atomic mass is 32.2. The smallest absolute Gasteiger partial charge is 0.339 e. The van der Waals surface area contributed by atoms with Crippen LogP contribution in [0.2, 0.25) is 0 Å². The Balaban J connectivity index is 1.48. The summed E-state index contributed by atoms with van der Waals surface area (Å²) in [5.74, 6) is -0.651. The summed E-state index contributed by atoms with van der Waals surface area (Å²) < 4.78 is 6.66. The molecule has 0 spiro atoms. The number of carbonyl (C=O) groups is 3. The van der Waals surface area contributed by atoms with E-state index >= 15 is 0 Å². The first-order valence-electron chi connectivity index (χ1n) is 10.9. The van der Waals surface area contributed by atoms with E-state index in [0.29, 0.717) is 10.8 Å². The summed E-state index contributed by atoms with van der Waals surface area (Å²) in [6.45, 7) is 1.77. The Morgan fingerprint density at radius 1 is 1.03 bits per heavy atom. The van der Waals surface area contributed by atoms with E-state index in [1.54, 1.807) is 24.3 Å². The van der Waals surface area contributed by atoms with Crippen molar-refractivity contribution in [2.45, 2.75) is 31.0 Å². The number of carbonyl (C=O) groups excluding carboxylic acids is 3. The van der Waals surface area contributed by atoms with E-state index in [0.717, 1.165) is 43.4 Å². The van der Waals surface area contributed by atoms with Crippen molar-refractivity contribution in [3.8, 4) is 0 Å². The molecule has 0 unspecified atom stereocenters. The van der Waals surface area contributed by atoms with Crippen molar-refractivity contribution in [3.05, 3.63) is 54.1 Å². The number of fused-ring (bicyclic) bond motifs is 1. The molecule has 0 atom stereocenters. The number of ether oxygens (including phenoxy) is 1. The maximum atomic E-state index is 12.9. The van der Waals surface area contributed by atoms with E-state index in [1.807, 2.05) is 33.7 Å². The lowest BCUT2D eigenvalue weighted by molar-refractivity contribution is -0.132. The van der Waals surface area contributed by atoms with Crippen LogP contribution in [0, 0.1) is 0 Å². The minimum atomic E-state index is -0.517. The third kappa shape index (κ3) is 5.36. The summed E-state index contributed by atoms with van der Waals surface area (Å²) in [6.07, 6.45) is 3.23. The summed E-state index contributed by atoms with van der Waals surface area (Å²) in [6, 6.07) is 14.3. The van der Waals surface area contributed by atoms with Crippen molar-refractivity contribution in [1.29, 1.82) is 0 Å². The van der Waals surface area contributed by atoms with E-state index < -0.39 is 5.97 Å². The molecule has 2 amide bonds. The number of hydrogen-bond acceptors (Lipinski definition) is 6. The van der Waals surface area contributed by atoms with Crippen molar-refractivity contribution in [3.63, 3.8) is 0 Å². The number of esters is 1. The van der Waals surface area contributed by atoms with Gasteiger partial charge in [0.25, 0.3) is 0 Å². The van der Waals surface area contributed by atoms with Crippen LogP contribution < -0.4 is 5.32 Å². The number of methoxy groups -OCH3 is 1. The van der Waals surface area contributed by atoms with Crippen LogP contribution in [0.25, 0.3) is 11.0 Å². The van der Waals surface area contributed by atoms with Gasteiger partial charge in [-0.1, -0.05) is 36.0 Å². The van der Waals surface area contributed by atoms with Crippen molar-refractivity contribution in [1.82, 2.24) is 14.5 Å². The third-order valence-corrected chi connectivity index (χ3v) is 6.54. The van der Waals surface area contributed by atoms with E-state index in [9.17, 15) is 14.4 Å². The summed E-state index contributed by atoms with van der Waals surface area (Å²) in [5.41, 5.74) is 2.33. The number of piperidine rings is 1. The molecule has 4 rings (SSSR count). The van der Waals surface area contributed by atoms with E-state index in [1.165, 1.54) is 18.9 Å². The highest BCUT2D eigenvalue weighted by molar-refractivity contribution is 7.99. The van der Waals surface area contributed by atoms with Gasteiger partial charge in [-0.05, 0) is 43.5 Å². The van der Waals surface area contributed by atoms with Crippen LogP contribution in [0.5, 0.6) is 0 Å². The molecule has 0 aliphatic carbocycles. The highest BCUT2D eigenvalue weighted by Crippen LogP contribution is 2.25. The predicted molar refractivity (Wildman–Crippen MR) is 127 cm³/mol. The second-order valence-corrected chi connectivity index (χ2v) is 8.73. The van der Waals surface area contributed by atoms with Crippen LogP contribution >= 0.6 is 11.8 Å². The fourth-order valence-electron chi connectivity index (χ4n) is 3.89. The standard InChI is InChI=1S/C24H26N4O4S/c1-32-23(31)17-9-3-4-10-18(17)25-21(29)16-33-24-26-19-11-5-6-12-20(19)28(24)15-22(30)27-13-7-2-8-14-27/h3-6,9-12H,2,7-8,13-16H2,1H3,(H,25,29). The minimum Gasteiger partial charge on any atom is -0.465 e. The molecule has 0 saturated carbocycles. The highest BCUT2D eigenvalue weighted by Gasteiger charge is 2.21. The predicted octanol–water partition coefficient (Wildman–Crippen LogP) is 3.57. The van der Waals surface area contributed by atoms with Gasteiger partial charge in [0.2, 0.25) is 11.8 Å². The number of aromatic nitrogens is 2. The van der Waals surface area contributed by atoms with Gasteiger partial charge >= 0.3 is 5.97 Å². The van der Waals surface area contributed by atoms with Crippen molar-refractivity contribution in [2.75, 3.05) is 31.3 Å².